The van der Waals surface area contributed by atoms with Gasteiger partial charge in [-0.1, -0.05) is 12.1 Å². The second-order valence-electron chi connectivity index (χ2n) is 8.92. The Morgan fingerprint density at radius 3 is 2.54 bits per heavy atom. The van der Waals surface area contributed by atoms with Crippen LogP contribution in [0.25, 0.3) is 11.3 Å². The van der Waals surface area contributed by atoms with Crippen molar-refractivity contribution in [2.75, 3.05) is 51.6 Å². The molecule has 0 radical (unpaired) electrons. The predicted molar refractivity (Wildman–Crippen MR) is 142 cm³/mol. The van der Waals surface area contributed by atoms with Crippen LogP contribution < -0.4 is 16.2 Å². The van der Waals surface area contributed by atoms with Crippen LogP contribution in [0.1, 0.15) is 12.0 Å². The summed E-state index contributed by atoms with van der Waals surface area (Å²) >= 11 is 0. The molecule has 0 saturated carbocycles. The molecule has 3 aromatic rings. The fourth-order valence-corrected chi connectivity index (χ4v) is 4.04. The molecular formula is C26H31ClF2N6O2. The van der Waals surface area contributed by atoms with E-state index in [-0.39, 0.29) is 30.5 Å². The number of piperazine rings is 1. The first-order valence-electron chi connectivity index (χ1n) is 12.0. The van der Waals surface area contributed by atoms with Crippen LogP contribution in [0.15, 0.2) is 59.4 Å². The lowest BCUT2D eigenvalue weighted by Crippen LogP contribution is -2.45. The minimum Gasteiger partial charge on any atom is -0.338 e. The molecule has 2 amide bonds. The van der Waals surface area contributed by atoms with Gasteiger partial charge in [-0.15, -0.1) is 12.4 Å². The molecule has 1 aliphatic rings. The quantitative estimate of drug-likeness (QED) is 0.434. The number of hydrogen-bond acceptors (Lipinski definition) is 5. The Morgan fingerprint density at radius 2 is 1.78 bits per heavy atom. The van der Waals surface area contributed by atoms with Gasteiger partial charge in [-0.3, -0.25) is 4.79 Å². The number of anilines is 1. The Balaban J connectivity index is 0.00000380. The van der Waals surface area contributed by atoms with Gasteiger partial charge in [-0.2, -0.15) is 5.10 Å². The fourth-order valence-electron chi connectivity index (χ4n) is 4.04. The molecule has 4 rings (SSSR count). The van der Waals surface area contributed by atoms with Crippen LogP contribution in [0, 0.1) is 11.6 Å². The number of nitrogens with one attached hydrogen (secondary N) is 2. The van der Waals surface area contributed by atoms with Crippen LogP contribution >= 0.6 is 12.4 Å². The second kappa shape index (κ2) is 13.3. The maximum Gasteiger partial charge on any atom is 0.319 e. The molecule has 0 bridgehead atoms. The van der Waals surface area contributed by atoms with Crippen LogP contribution in [0.2, 0.25) is 0 Å². The lowest BCUT2D eigenvalue weighted by molar-refractivity contribution is 0.153. The maximum atomic E-state index is 13.6. The smallest absolute Gasteiger partial charge is 0.319 e. The minimum absolute atomic E-state index is 0. The van der Waals surface area contributed by atoms with Gasteiger partial charge in [0, 0.05) is 50.0 Å². The third-order valence-corrected chi connectivity index (χ3v) is 6.13. The van der Waals surface area contributed by atoms with Crippen LogP contribution in [0.4, 0.5) is 19.3 Å². The molecule has 0 spiro atoms. The highest BCUT2D eigenvalue weighted by molar-refractivity contribution is 5.89. The molecule has 1 fully saturated rings. The number of rotatable bonds is 8. The highest BCUT2D eigenvalue weighted by Gasteiger charge is 2.13. The zero-order chi connectivity index (χ0) is 25.5. The van der Waals surface area contributed by atoms with Gasteiger partial charge in [0.15, 0.2) is 11.6 Å². The Bertz CT molecular complexity index is 1260. The number of hydrogen-bond donors (Lipinski definition) is 2. The van der Waals surface area contributed by atoms with E-state index in [9.17, 15) is 18.4 Å². The van der Waals surface area contributed by atoms with Gasteiger partial charge >= 0.3 is 6.03 Å². The molecule has 0 aliphatic carbocycles. The molecule has 2 N–H and O–H groups in total. The summed E-state index contributed by atoms with van der Waals surface area (Å²) in [5.41, 5.74) is 1.72. The standard InChI is InChI=1S/C26H30F2N6O2.ClH/c1-32-12-14-33(15-13-32)11-3-10-29-26(36)30-21-5-2-4-19(16-21)18-34-25(35)9-8-24(31-34)20-6-7-22(27)23(28)17-20;/h2,4-9,16-17H,3,10-15,18H2,1H3,(H2,29,30,36);1H. The summed E-state index contributed by atoms with van der Waals surface area (Å²) < 4.78 is 28.1. The average molecular weight is 533 g/mol. The van der Waals surface area contributed by atoms with E-state index >= 15 is 0 Å². The molecule has 0 unspecified atom stereocenters. The number of amides is 2. The molecule has 198 valence electrons. The van der Waals surface area contributed by atoms with Crippen LogP contribution in [0.5, 0.6) is 0 Å². The van der Waals surface area contributed by atoms with E-state index in [0.29, 0.717) is 23.5 Å². The zero-order valence-corrected chi connectivity index (χ0v) is 21.4. The maximum absolute atomic E-state index is 13.6. The normalized spacial score (nSPS) is 14.1. The first-order valence-corrected chi connectivity index (χ1v) is 12.0. The average Bonchev–Trinajstić information content (AvgIpc) is 2.86. The first kappa shape index (κ1) is 28.2. The van der Waals surface area contributed by atoms with E-state index < -0.39 is 11.6 Å². The Kier molecular flexibility index (Phi) is 10.1. The Hall–Kier alpha value is -3.34. The third kappa shape index (κ3) is 8.08. The van der Waals surface area contributed by atoms with E-state index in [1.165, 1.54) is 22.9 Å². The van der Waals surface area contributed by atoms with Crippen molar-refractivity contribution in [1.29, 1.82) is 0 Å². The molecule has 2 heterocycles. The van der Waals surface area contributed by atoms with Crippen molar-refractivity contribution in [3.05, 3.63) is 82.1 Å². The molecule has 1 saturated heterocycles. The molecule has 0 atom stereocenters. The Labute approximate surface area is 220 Å². The zero-order valence-electron chi connectivity index (χ0n) is 20.6. The van der Waals surface area contributed by atoms with Gasteiger partial charge in [0.05, 0.1) is 12.2 Å². The van der Waals surface area contributed by atoms with Crippen molar-refractivity contribution >= 4 is 24.1 Å². The van der Waals surface area contributed by atoms with E-state index in [1.807, 2.05) is 6.07 Å². The largest absolute Gasteiger partial charge is 0.338 e. The van der Waals surface area contributed by atoms with Crippen LogP contribution in [-0.4, -0.2) is 71.9 Å². The summed E-state index contributed by atoms with van der Waals surface area (Å²) in [6.45, 7) is 5.93. The first-order chi connectivity index (χ1) is 17.4. The van der Waals surface area contributed by atoms with Crippen molar-refractivity contribution in [2.24, 2.45) is 0 Å². The topological polar surface area (TPSA) is 82.5 Å². The number of carbonyl (C=O) groups is 1. The predicted octanol–water partition coefficient (Wildman–Crippen LogP) is 3.42. The summed E-state index contributed by atoms with van der Waals surface area (Å²) in [7, 11) is 2.13. The number of halogens is 3. The molecule has 1 aromatic heterocycles. The Morgan fingerprint density at radius 1 is 1.00 bits per heavy atom. The SMILES string of the molecule is CN1CCN(CCCNC(=O)Nc2cccc(Cn3nc(-c4ccc(F)c(F)c4)ccc3=O)c2)CC1.Cl. The van der Waals surface area contributed by atoms with E-state index in [1.54, 1.807) is 18.2 Å². The second-order valence-corrected chi connectivity index (χ2v) is 8.92. The summed E-state index contributed by atoms with van der Waals surface area (Å²) in [4.78, 5) is 29.4. The highest BCUT2D eigenvalue weighted by atomic mass is 35.5. The third-order valence-electron chi connectivity index (χ3n) is 6.13. The van der Waals surface area contributed by atoms with E-state index in [0.717, 1.165) is 56.8 Å². The van der Waals surface area contributed by atoms with Gasteiger partial charge in [-0.05, 0) is 62.0 Å². The van der Waals surface area contributed by atoms with Gasteiger partial charge < -0.3 is 20.4 Å². The van der Waals surface area contributed by atoms with Gasteiger partial charge in [0.25, 0.3) is 5.56 Å². The van der Waals surface area contributed by atoms with Crippen molar-refractivity contribution in [3.8, 4) is 11.3 Å². The number of carbonyl (C=O) groups excluding carboxylic acids is 1. The molecule has 8 nitrogen and oxygen atoms in total. The van der Waals surface area contributed by atoms with Gasteiger partial charge in [-0.25, -0.2) is 18.3 Å². The minimum atomic E-state index is -0.983. The molecule has 37 heavy (non-hydrogen) atoms. The summed E-state index contributed by atoms with van der Waals surface area (Å²) in [5, 5.41) is 10.0. The fraction of sp³-hybridized carbons (Fsp3) is 0.346. The summed E-state index contributed by atoms with van der Waals surface area (Å²) in [6.07, 6.45) is 0.875. The number of benzene rings is 2. The molecular weight excluding hydrogens is 502 g/mol. The van der Waals surface area contributed by atoms with Gasteiger partial charge in [0.1, 0.15) is 0 Å². The monoisotopic (exact) mass is 532 g/mol. The van der Waals surface area contributed by atoms with Crippen molar-refractivity contribution in [1.82, 2.24) is 24.9 Å². The highest BCUT2D eigenvalue weighted by Crippen LogP contribution is 2.19. The summed E-state index contributed by atoms with van der Waals surface area (Å²) in [6, 6.07) is 13.1. The lowest BCUT2D eigenvalue weighted by Gasteiger charge is -2.32. The lowest BCUT2D eigenvalue weighted by atomic mass is 10.1. The van der Waals surface area contributed by atoms with Crippen molar-refractivity contribution in [2.45, 2.75) is 13.0 Å². The van der Waals surface area contributed by atoms with E-state index in [4.69, 9.17) is 0 Å². The van der Waals surface area contributed by atoms with Crippen LogP contribution in [-0.2, 0) is 6.54 Å². The van der Waals surface area contributed by atoms with Crippen molar-refractivity contribution in [3.63, 3.8) is 0 Å². The van der Waals surface area contributed by atoms with Gasteiger partial charge in [0.2, 0.25) is 0 Å². The van der Waals surface area contributed by atoms with Crippen molar-refractivity contribution < 1.29 is 13.6 Å². The summed E-state index contributed by atoms with van der Waals surface area (Å²) in [5.74, 6) is -1.93. The number of aromatic nitrogens is 2. The molecule has 11 heteroatoms. The number of nitrogens with zero attached hydrogens (tertiary/aromatic N) is 4. The van der Waals surface area contributed by atoms with Crippen LogP contribution in [0.3, 0.4) is 0 Å². The number of likely N-dealkylation sites (N-methyl/N-ethyl adjacent to an activating group) is 1. The molecule has 1 aliphatic heterocycles. The van der Waals surface area contributed by atoms with E-state index in [2.05, 4.69) is 32.6 Å². The number of urea groups is 1. The molecule has 2 aromatic carbocycles.